The van der Waals surface area contributed by atoms with E-state index in [1.807, 2.05) is 0 Å². The Labute approximate surface area is 165 Å². The molecule has 28 heavy (non-hydrogen) atoms. The van der Waals surface area contributed by atoms with Crippen LogP contribution in [0.15, 0.2) is 44.4 Å². The van der Waals surface area contributed by atoms with E-state index in [1.165, 1.54) is 13.8 Å². The first-order chi connectivity index (χ1) is 13.0. The van der Waals surface area contributed by atoms with Crippen LogP contribution in [0.4, 0.5) is 13.2 Å². The first kappa shape index (κ1) is 20.3. The van der Waals surface area contributed by atoms with Crippen LogP contribution in [0, 0.1) is 17.5 Å². The molecule has 0 amide bonds. The maximum absolute atomic E-state index is 14.4. The van der Waals surface area contributed by atoms with Crippen LogP contribution in [0.25, 0.3) is 10.9 Å². The summed E-state index contributed by atoms with van der Waals surface area (Å²) in [6.45, 7) is 2.15. The molecule has 0 saturated heterocycles. The van der Waals surface area contributed by atoms with Crippen LogP contribution >= 0.6 is 15.9 Å². The Hall–Kier alpha value is -2.39. The van der Waals surface area contributed by atoms with E-state index in [9.17, 15) is 27.9 Å². The highest BCUT2D eigenvalue weighted by Gasteiger charge is 2.25. The van der Waals surface area contributed by atoms with E-state index >= 15 is 0 Å². The molecule has 0 radical (unpaired) electrons. The van der Waals surface area contributed by atoms with Crippen molar-refractivity contribution in [3.63, 3.8) is 0 Å². The molecule has 148 valence electrons. The van der Waals surface area contributed by atoms with Crippen LogP contribution in [0.5, 0.6) is 0 Å². The van der Waals surface area contributed by atoms with Crippen molar-refractivity contribution in [2.24, 2.45) is 0 Å². The third kappa shape index (κ3) is 3.77. The third-order valence-corrected chi connectivity index (χ3v) is 4.67. The van der Waals surface area contributed by atoms with Gasteiger partial charge in [0.2, 0.25) is 0 Å². The van der Waals surface area contributed by atoms with Gasteiger partial charge in [-0.05, 0) is 37.6 Å². The smallest absolute Gasteiger partial charge is 0.331 e. The molecule has 0 bridgehead atoms. The molecule has 3 rings (SSSR count). The van der Waals surface area contributed by atoms with Gasteiger partial charge in [0.1, 0.15) is 0 Å². The Kier molecular flexibility index (Phi) is 5.24. The molecular formula is C19H16BrF3N2O3. The number of halogens is 4. The summed E-state index contributed by atoms with van der Waals surface area (Å²) in [6, 6.07) is 7.34. The molecule has 0 atom stereocenters. The zero-order valence-corrected chi connectivity index (χ0v) is 16.6. The number of aliphatic hydroxyl groups is 1. The van der Waals surface area contributed by atoms with Crippen molar-refractivity contribution in [1.82, 2.24) is 9.13 Å². The standard InChI is InChI=1S/C19H16BrF3N2O3/c1-19(2,28)9-25-16-12(7-13(21)14(22)15(16)23)17(26)24(18(25)27)8-10-3-5-11(20)6-4-10/h3-7,28H,8-9H2,1-2H3. The zero-order chi connectivity index (χ0) is 20.8. The van der Waals surface area contributed by atoms with Crippen molar-refractivity contribution >= 4 is 26.8 Å². The van der Waals surface area contributed by atoms with E-state index in [0.717, 1.165) is 13.6 Å². The quantitative estimate of drug-likeness (QED) is 0.613. The molecule has 0 fully saturated rings. The van der Waals surface area contributed by atoms with Crippen molar-refractivity contribution in [3.8, 4) is 0 Å². The lowest BCUT2D eigenvalue weighted by Gasteiger charge is -2.22. The van der Waals surface area contributed by atoms with Crippen LogP contribution in [0.2, 0.25) is 0 Å². The molecule has 0 unspecified atom stereocenters. The molecule has 2 aromatic carbocycles. The molecule has 0 spiro atoms. The number of hydrogen-bond acceptors (Lipinski definition) is 3. The highest BCUT2D eigenvalue weighted by molar-refractivity contribution is 9.10. The molecule has 1 heterocycles. The molecule has 0 aliphatic heterocycles. The van der Waals surface area contributed by atoms with Gasteiger partial charge in [-0.2, -0.15) is 0 Å². The summed E-state index contributed by atoms with van der Waals surface area (Å²) in [5, 5.41) is 9.62. The van der Waals surface area contributed by atoms with Gasteiger partial charge >= 0.3 is 5.69 Å². The van der Waals surface area contributed by atoms with E-state index in [0.29, 0.717) is 11.6 Å². The van der Waals surface area contributed by atoms with Crippen LogP contribution in [0.3, 0.4) is 0 Å². The van der Waals surface area contributed by atoms with Crippen LogP contribution in [-0.4, -0.2) is 19.8 Å². The van der Waals surface area contributed by atoms with Gasteiger partial charge in [-0.25, -0.2) is 18.0 Å². The number of nitrogens with zero attached hydrogens (tertiary/aromatic N) is 2. The van der Waals surface area contributed by atoms with E-state index in [4.69, 9.17) is 0 Å². The van der Waals surface area contributed by atoms with E-state index < -0.39 is 51.7 Å². The summed E-state index contributed by atoms with van der Waals surface area (Å²) >= 11 is 3.28. The second-order valence-corrected chi connectivity index (χ2v) is 8.00. The molecule has 9 heteroatoms. The lowest BCUT2D eigenvalue weighted by Crippen LogP contribution is -2.44. The van der Waals surface area contributed by atoms with Gasteiger partial charge in [-0.15, -0.1) is 0 Å². The summed E-state index contributed by atoms with van der Waals surface area (Å²) < 4.78 is 44.3. The summed E-state index contributed by atoms with van der Waals surface area (Å²) in [6.07, 6.45) is 0. The third-order valence-electron chi connectivity index (χ3n) is 4.14. The van der Waals surface area contributed by atoms with Gasteiger partial charge in [-0.3, -0.25) is 13.9 Å². The van der Waals surface area contributed by atoms with Gasteiger partial charge in [-0.1, -0.05) is 28.1 Å². The Morgan fingerprint density at radius 3 is 2.21 bits per heavy atom. The summed E-state index contributed by atoms with van der Waals surface area (Å²) in [4.78, 5) is 25.7. The Morgan fingerprint density at radius 1 is 1.04 bits per heavy atom. The highest BCUT2D eigenvalue weighted by Crippen LogP contribution is 2.21. The molecule has 0 saturated carbocycles. The predicted octanol–water partition coefficient (Wildman–Crippen LogP) is 3.16. The van der Waals surface area contributed by atoms with Crippen molar-refractivity contribution in [2.75, 3.05) is 0 Å². The number of hydrogen-bond donors (Lipinski definition) is 1. The van der Waals surface area contributed by atoms with Gasteiger partial charge in [0.15, 0.2) is 17.5 Å². The predicted molar refractivity (Wildman–Crippen MR) is 102 cm³/mol. The lowest BCUT2D eigenvalue weighted by molar-refractivity contribution is 0.0608. The van der Waals surface area contributed by atoms with Crippen molar-refractivity contribution in [3.05, 3.63) is 78.7 Å². The summed E-state index contributed by atoms with van der Waals surface area (Å²) in [5.41, 5.74) is -3.45. The average Bonchev–Trinajstić information content (AvgIpc) is 2.61. The Bertz CT molecular complexity index is 1180. The average molecular weight is 457 g/mol. The second-order valence-electron chi connectivity index (χ2n) is 7.08. The van der Waals surface area contributed by atoms with Crippen LogP contribution in [0.1, 0.15) is 19.4 Å². The Morgan fingerprint density at radius 2 is 1.64 bits per heavy atom. The van der Waals surface area contributed by atoms with Gasteiger partial charge in [0, 0.05) is 4.47 Å². The fraction of sp³-hybridized carbons (Fsp3) is 0.263. The lowest BCUT2D eigenvalue weighted by atomic mass is 10.1. The SMILES string of the molecule is CC(C)(O)Cn1c(=O)n(Cc2ccc(Br)cc2)c(=O)c2cc(F)c(F)c(F)c21. The highest BCUT2D eigenvalue weighted by atomic mass is 79.9. The van der Waals surface area contributed by atoms with E-state index in [1.54, 1.807) is 24.3 Å². The van der Waals surface area contributed by atoms with Crippen molar-refractivity contribution in [2.45, 2.75) is 32.5 Å². The molecule has 0 aliphatic rings. The molecule has 3 aromatic rings. The molecular weight excluding hydrogens is 441 g/mol. The van der Waals surface area contributed by atoms with Crippen molar-refractivity contribution in [1.29, 1.82) is 0 Å². The van der Waals surface area contributed by atoms with E-state index in [2.05, 4.69) is 15.9 Å². The summed E-state index contributed by atoms with van der Waals surface area (Å²) in [5.74, 6) is -4.98. The zero-order valence-electron chi connectivity index (χ0n) is 15.0. The number of rotatable bonds is 4. The monoisotopic (exact) mass is 456 g/mol. The minimum absolute atomic E-state index is 0.159. The van der Waals surface area contributed by atoms with Gasteiger partial charge < -0.3 is 5.11 Å². The normalized spacial score (nSPS) is 12.0. The molecule has 5 nitrogen and oxygen atoms in total. The van der Waals surface area contributed by atoms with Gasteiger partial charge in [0.05, 0.1) is 29.6 Å². The fourth-order valence-corrected chi connectivity index (χ4v) is 3.20. The maximum Gasteiger partial charge on any atom is 0.331 e. The molecule has 1 N–H and O–H groups in total. The first-order valence-corrected chi connectivity index (χ1v) is 9.06. The first-order valence-electron chi connectivity index (χ1n) is 8.27. The maximum atomic E-state index is 14.4. The topological polar surface area (TPSA) is 64.2 Å². The van der Waals surface area contributed by atoms with E-state index in [-0.39, 0.29) is 6.54 Å². The van der Waals surface area contributed by atoms with Crippen molar-refractivity contribution < 1.29 is 18.3 Å². The number of benzene rings is 2. The Balaban J connectivity index is 2.36. The van der Waals surface area contributed by atoms with Crippen LogP contribution < -0.4 is 11.2 Å². The summed E-state index contributed by atoms with van der Waals surface area (Å²) in [7, 11) is 0. The minimum Gasteiger partial charge on any atom is -0.389 e. The second kappa shape index (κ2) is 7.21. The minimum atomic E-state index is -1.79. The van der Waals surface area contributed by atoms with Gasteiger partial charge in [0.25, 0.3) is 5.56 Å². The van der Waals surface area contributed by atoms with Crippen LogP contribution in [-0.2, 0) is 13.1 Å². The number of aromatic nitrogens is 2. The number of fused-ring (bicyclic) bond motifs is 1. The largest absolute Gasteiger partial charge is 0.389 e. The fourth-order valence-electron chi connectivity index (χ4n) is 2.93. The molecule has 1 aromatic heterocycles. The molecule has 0 aliphatic carbocycles.